The van der Waals surface area contributed by atoms with Gasteiger partial charge in [-0.25, -0.2) is 4.39 Å². The molecule has 3 heteroatoms. The molecule has 3 rings (SSSR count). The van der Waals surface area contributed by atoms with E-state index >= 15 is 0 Å². The number of hydrogen-bond acceptors (Lipinski definition) is 2. The van der Waals surface area contributed by atoms with Gasteiger partial charge in [0, 0.05) is 18.2 Å². The first-order chi connectivity index (χ1) is 10.3. The van der Waals surface area contributed by atoms with Gasteiger partial charge in [0.05, 0.1) is 6.61 Å². The first-order valence-corrected chi connectivity index (χ1v) is 7.51. The van der Waals surface area contributed by atoms with Gasteiger partial charge in [-0.2, -0.15) is 0 Å². The smallest absolute Gasteiger partial charge is 0.128 e. The van der Waals surface area contributed by atoms with Crippen LogP contribution in [-0.4, -0.2) is 12.6 Å². The van der Waals surface area contributed by atoms with E-state index in [1.54, 1.807) is 6.07 Å². The Labute approximate surface area is 125 Å². The fraction of sp³-hybridized carbons (Fsp3) is 0.333. The van der Waals surface area contributed by atoms with Crippen molar-refractivity contribution in [2.75, 3.05) is 6.61 Å². The molecule has 110 valence electrons. The van der Waals surface area contributed by atoms with Crippen LogP contribution in [0.1, 0.15) is 25.3 Å². The van der Waals surface area contributed by atoms with Gasteiger partial charge in [-0.3, -0.25) is 0 Å². The monoisotopic (exact) mass is 285 g/mol. The van der Waals surface area contributed by atoms with Gasteiger partial charge in [0.1, 0.15) is 11.6 Å². The van der Waals surface area contributed by atoms with Crippen molar-refractivity contribution in [1.29, 1.82) is 0 Å². The Hall–Kier alpha value is -1.87. The summed E-state index contributed by atoms with van der Waals surface area (Å²) in [6.07, 6.45) is 2.43. The Balaban J connectivity index is 1.73. The quantitative estimate of drug-likeness (QED) is 0.861. The lowest BCUT2D eigenvalue weighted by Crippen LogP contribution is -2.16. The van der Waals surface area contributed by atoms with Gasteiger partial charge in [-0.1, -0.05) is 24.3 Å². The second-order valence-corrected chi connectivity index (χ2v) is 5.42. The highest BCUT2D eigenvalue weighted by atomic mass is 19.1. The van der Waals surface area contributed by atoms with Gasteiger partial charge in [0.2, 0.25) is 0 Å². The molecule has 1 fully saturated rings. The Morgan fingerprint density at radius 3 is 2.43 bits per heavy atom. The third-order valence-corrected chi connectivity index (χ3v) is 3.71. The van der Waals surface area contributed by atoms with Crippen LogP contribution in [0, 0.1) is 5.82 Å². The van der Waals surface area contributed by atoms with Crippen LogP contribution in [0.3, 0.4) is 0 Å². The van der Waals surface area contributed by atoms with Gasteiger partial charge >= 0.3 is 0 Å². The van der Waals surface area contributed by atoms with Crippen LogP contribution in [-0.2, 0) is 6.54 Å². The fourth-order valence-corrected chi connectivity index (χ4v) is 2.32. The van der Waals surface area contributed by atoms with Gasteiger partial charge in [-0.15, -0.1) is 0 Å². The van der Waals surface area contributed by atoms with Crippen LogP contribution < -0.4 is 10.1 Å². The van der Waals surface area contributed by atoms with Crippen molar-refractivity contribution in [3.05, 3.63) is 53.8 Å². The zero-order valence-corrected chi connectivity index (χ0v) is 12.2. The standard InChI is InChI=1S/C18H20FNO/c1-2-21-17-9-5-13(6-10-17)14-3-4-15(18(19)11-14)12-20-16-7-8-16/h3-6,9-11,16,20H,2,7-8,12H2,1H3. The molecule has 1 aliphatic carbocycles. The highest BCUT2D eigenvalue weighted by molar-refractivity contribution is 5.64. The second-order valence-electron chi connectivity index (χ2n) is 5.42. The van der Waals surface area contributed by atoms with Gasteiger partial charge < -0.3 is 10.1 Å². The van der Waals surface area contributed by atoms with E-state index in [9.17, 15) is 4.39 Å². The molecule has 2 nitrogen and oxygen atoms in total. The molecule has 1 saturated carbocycles. The lowest BCUT2D eigenvalue weighted by Gasteiger charge is -2.08. The summed E-state index contributed by atoms with van der Waals surface area (Å²) >= 11 is 0. The van der Waals surface area contributed by atoms with E-state index in [0.29, 0.717) is 19.2 Å². The van der Waals surface area contributed by atoms with Crippen LogP contribution in [0.15, 0.2) is 42.5 Å². The van der Waals surface area contributed by atoms with Crippen LogP contribution in [0.4, 0.5) is 4.39 Å². The Morgan fingerprint density at radius 2 is 1.81 bits per heavy atom. The molecule has 0 saturated heterocycles. The molecule has 1 aliphatic rings. The van der Waals surface area contributed by atoms with Crippen molar-refractivity contribution in [2.24, 2.45) is 0 Å². The summed E-state index contributed by atoms with van der Waals surface area (Å²) in [5.41, 5.74) is 2.63. The Morgan fingerprint density at radius 1 is 1.10 bits per heavy atom. The highest BCUT2D eigenvalue weighted by Crippen LogP contribution is 2.25. The second kappa shape index (κ2) is 6.27. The molecule has 0 heterocycles. The predicted molar refractivity (Wildman–Crippen MR) is 82.9 cm³/mol. The van der Waals surface area contributed by atoms with E-state index in [0.717, 1.165) is 22.4 Å². The summed E-state index contributed by atoms with van der Waals surface area (Å²) < 4.78 is 19.6. The molecule has 0 unspecified atom stereocenters. The Kier molecular flexibility index (Phi) is 4.20. The molecule has 0 radical (unpaired) electrons. The molecule has 0 aromatic heterocycles. The lowest BCUT2D eigenvalue weighted by molar-refractivity contribution is 0.340. The molecule has 0 atom stereocenters. The summed E-state index contributed by atoms with van der Waals surface area (Å²) in [5.74, 6) is 0.696. The maximum Gasteiger partial charge on any atom is 0.128 e. The van der Waals surface area contributed by atoms with E-state index < -0.39 is 0 Å². The minimum Gasteiger partial charge on any atom is -0.494 e. The number of benzene rings is 2. The van der Waals surface area contributed by atoms with E-state index in [-0.39, 0.29) is 5.82 Å². The zero-order chi connectivity index (χ0) is 14.7. The summed E-state index contributed by atoms with van der Waals surface area (Å²) in [7, 11) is 0. The molecular weight excluding hydrogens is 265 g/mol. The van der Waals surface area contributed by atoms with Crippen molar-refractivity contribution in [3.8, 4) is 16.9 Å². The third kappa shape index (κ3) is 3.61. The zero-order valence-electron chi connectivity index (χ0n) is 12.2. The van der Waals surface area contributed by atoms with Crippen molar-refractivity contribution >= 4 is 0 Å². The van der Waals surface area contributed by atoms with Gasteiger partial charge in [-0.05, 0) is 49.1 Å². The molecule has 2 aromatic rings. The van der Waals surface area contributed by atoms with Gasteiger partial charge in [0.25, 0.3) is 0 Å². The van der Waals surface area contributed by atoms with Crippen molar-refractivity contribution in [2.45, 2.75) is 32.4 Å². The van der Waals surface area contributed by atoms with Crippen molar-refractivity contribution in [3.63, 3.8) is 0 Å². The van der Waals surface area contributed by atoms with Crippen LogP contribution in [0.25, 0.3) is 11.1 Å². The lowest BCUT2D eigenvalue weighted by atomic mass is 10.0. The highest BCUT2D eigenvalue weighted by Gasteiger charge is 2.20. The largest absolute Gasteiger partial charge is 0.494 e. The molecule has 0 amide bonds. The number of halogens is 1. The van der Waals surface area contributed by atoms with Crippen LogP contribution in [0.5, 0.6) is 5.75 Å². The van der Waals surface area contributed by atoms with E-state index in [2.05, 4.69) is 5.32 Å². The molecular formula is C18H20FNO. The average Bonchev–Trinajstić information content (AvgIpc) is 3.31. The Bertz CT molecular complexity index is 605. The molecule has 21 heavy (non-hydrogen) atoms. The molecule has 1 N–H and O–H groups in total. The average molecular weight is 285 g/mol. The van der Waals surface area contributed by atoms with E-state index in [4.69, 9.17) is 4.74 Å². The van der Waals surface area contributed by atoms with Crippen LogP contribution in [0.2, 0.25) is 0 Å². The predicted octanol–water partition coefficient (Wildman–Crippen LogP) is 4.14. The van der Waals surface area contributed by atoms with Crippen LogP contribution >= 0.6 is 0 Å². The van der Waals surface area contributed by atoms with Crippen molar-refractivity contribution < 1.29 is 9.13 Å². The maximum atomic E-state index is 14.1. The first-order valence-electron chi connectivity index (χ1n) is 7.51. The van der Waals surface area contributed by atoms with Gasteiger partial charge in [0.15, 0.2) is 0 Å². The minimum absolute atomic E-state index is 0.144. The number of hydrogen-bond donors (Lipinski definition) is 1. The molecule has 0 spiro atoms. The minimum atomic E-state index is -0.144. The topological polar surface area (TPSA) is 21.3 Å². The molecule has 0 bridgehead atoms. The summed E-state index contributed by atoms with van der Waals surface area (Å²) in [5, 5.41) is 3.34. The SMILES string of the molecule is CCOc1ccc(-c2ccc(CNC3CC3)c(F)c2)cc1. The summed E-state index contributed by atoms with van der Waals surface area (Å²) in [4.78, 5) is 0. The van der Waals surface area contributed by atoms with E-state index in [1.165, 1.54) is 12.8 Å². The van der Waals surface area contributed by atoms with Crippen molar-refractivity contribution in [1.82, 2.24) is 5.32 Å². The maximum absolute atomic E-state index is 14.1. The summed E-state index contributed by atoms with van der Waals surface area (Å²) in [6.45, 7) is 3.22. The number of ether oxygens (including phenoxy) is 1. The number of rotatable bonds is 6. The number of nitrogens with one attached hydrogen (secondary N) is 1. The third-order valence-electron chi connectivity index (χ3n) is 3.71. The fourth-order valence-electron chi connectivity index (χ4n) is 2.32. The first kappa shape index (κ1) is 14.1. The molecule has 0 aliphatic heterocycles. The summed E-state index contributed by atoms with van der Waals surface area (Å²) in [6, 6.07) is 13.8. The van der Waals surface area contributed by atoms with E-state index in [1.807, 2.05) is 43.3 Å². The molecule has 2 aromatic carbocycles. The normalized spacial score (nSPS) is 14.2.